The Balaban J connectivity index is 1.91. The molecule has 0 aliphatic rings. The van der Waals surface area contributed by atoms with Crippen LogP contribution in [0.15, 0.2) is 42.5 Å². The number of hydrogen-bond acceptors (Lipinski definition) is 4. The molecular weight excluding hydrogens is 404 g/mol. The van der Waals surface area contributed by atoms with Crippen molar-refractivity contribution in [2.75, 3.05) is 29.9 Å². The zero-order chi connectivity index (χ0) is 20.0. The lowest BCUT2D eigenvalue weighted by molar-refractivity contribution is 0.0955. The van der Waals surface area contributed by atoms with E-state index in [2.05, 4.69) is 5.32 Å². The van der Waals surface area contributed by atoms with Crippen LogP contribution < -0.4 is 9.62 Å². The molecule has 8 heteroatoms. The summed E-state index contributed by atoms with van der Waals surface area (Å²) in [6.45, 7) is 2.27. The third-order valence-electron chi connectivity index (χ3n) is 4.08. The molecule has 146 valence electrons. The molecule has 0 aliphatic heterocycles. The van der Waals surface area contributed by atoms with Gasteiger partial charge in [-0.2, -0.15) is 11.8 Å². The van der Waals surface area contributed by atoms with Crippen LogP contribution in [-0.2, 0) is 15.8 Å². The van der Waals surface area contributed by atoms with E-state index in [1.165, 1.54) is 11.4 Å². The van der Waals surface area contributed by atoms with Gasteiger partial charge in [-0.05, 0) is 42.3 Å². The van der Waals surface area contributed by atoms with Crippen molar-refractivity contribution >= 4 is 45.0 Å². The van der Waals surface area contributed by atoms with Crippen molar-refractivity contribution in [3.63, 3.8) is 0 Å². The minimum atomic E-state index is -3.39. The molecule has 5 nitrogen and oxygen atoms in total. The smallest absolute Gasteiger partial charge is 0.251 e. The van der Waals surface area contributed by atoms with Gasteiger partial charge in [0.15, 0.2) is 0 Å². The van der Waals surface area contributed by atoms with Gasteiger partial charge in [0.05, 0.1) is 11.9 Å². The van der Waals surface area contributed by atoms with E-state index in [0.717, 1.165) is 28.3 Å². The Bertz CT molecular complexity index is 917. The molecular formula is C19H23ClN2O3S2. The van der Waals surface area contributed by atoms with Crippen LogP contribution in [0.5, 0.6) is 0 Å². The summed E-state index contributed by atoms with van der Waals surface area (Å²) in [5, 5.41) is 3.61. The van der Waals surface area contributed by atoms with Gasteiger partial charge in [0.1, 0.15) is 0 Å². The first-order valence-electron chi connectivity index (χ1n) is 8.34. The number of amides is 1. The Labute approximate surface area is 170 Å². The Morgan fingerprint density at radius 3 is 2.59 bits per heavy atom. The van der Waals surface area contributed by atoms with E-state index < -0.39 is 10.0 Å². The van der Waals surface area contributed by atoms with Crippen molar-refractivity contribution < 1.29 is 13.2 Å². The molecule has 0 aromatic heterocycles. The summed E-state index contributed by atoms with van der Waals surface area (Å²) in [7, 11) is -1.91. The summed E-state index contributed by atoms with van der Waals surface area (Å²) in [5.41, 5.74) is 2.75. The molecule has 2 aromatic carbocycles. The second kappa shape index (κ2) is 9.48. The topological polar surface area (TPSA) is 66.5 Å². The number of anilines is 1. The molecule has 0 unspecified atom stereocenters. The lowest BCUT2D eigenvalue weighted by Crippen LogP contribution is -2.29. The maximum absolute atomic E-state index is 12.5. The number of sulfonamides is 1. The zero-order valence-electron chi connectivity index (χ0n) is 15.5. The van der Waals surface area contributed by atoms with E-state index in [9.17, 15) is 13.2 Å². The number of thioether (sulfide) groups is 1. The maximum Gasteiger partial charge on any atom is 0.251 e. The summed E-state index contributed by atoms with van der Waals surface area (Å²) in [5.74, 6) is 1.38. The molecule has 1 N–H and O–H groups in total. The molecule has 0 radical (unpaired) electrons. The quantitative estimate of drug-likeness (QED) is 0.653. The van der Waals surface area contributed by atoms with E-state index in [1.807, 2.05) is 24.3 Å². The molecule has 27 heavy (non-hydrogen) atoms. The van der Waals surface area contributed by atoms with Gasteiger partial charge < -0.3 is 5.32 Å². The Morgan fingerprint density at radius 2 is 1.93 bits per heavy atom. The molecule has 0 heterocycles. The lowest BCUT2D eigenvalue weighted by atomic mass is 10.1. The fourth-order valence-electron chi connectivity index (χ4n) is 2.54. The molecule has 0 fully saturated rings. The van der Waals surface area contributed by atoms with E-state index in [1.54, 1.807) is 36.9 Å². The number of benzene rings is 2. The highest BCUT2D eigenvalue weighted by molar-refractivity contribution is 7.98. The van der Waals surface area contributed by atoms with Gasteiger partial charge in [-0.3, -0.25) is 9.10 Å². The molecule has 0 bridgehead atoms. The van der Waals surface area contributed by atoms with Crippen molar-refractivity contribution in [2.45, 2.75) is 12.7 Å². The Hall–Kier alpha value is -1.70. The van der Waals surface area contributed by atoms with Gasteiger partial charge in [0.2, 0.25) is 10.0 Å². The van der Waals surface area contributed by atoms with Gasteiger partial charge in [0, 0.05) is 35.7 Å². The number of halogens is 1. The third-order valence-corrected chi connectivity index (χ3v) is 6.53. The number of rotatable bonds is 8. The van der Waals surface area contributed by atoms with Crippen LogP contribution in [0.4, 0.5) is 5.69 Å². The molecule has 1 amide bonds. The zero-order valence-corrected chi connectivity index (χ0v) is 17.9. The van der Waals surface area contributed by atoms with Crippen molar-refractivity contribution in [3.8, 4) is 0 Å². The van der Waals surface area contributed by atoms with Crippen LogP contribution in [0, 0.1) is 6.92 Å². The number of nitrogens with zero attached hydrogens (tertiary/aromatic N) is 1. The number of hydrogen-bond donors (Lipinski definition) is 1. The second-order valence-electron chi connectivity index (χ2n) is 6.12. The maximum atomic E-state index is 12.5. The van der Waals surface area contributed by atoms with Crippen molar-refractivity contribution in [1.82, 2.24) is 5.32 Å². The molecule has 0 saturated carbocycles. The van der Waals surface area contributed by atoms with Crippen LogP contribution in [0.2, 0.25) is 5.02 Å². The van der Waals surface area contributed by atoms with Crippen molar-refractivity contribution in [3.05, 3.63) is 64.2 Å². The monoisotopic (exact) mass is 426 g/mol. The second-order valence-corrected chi connectivity index (χ2v) is 9.67. The van der Waals surface area contributed by atoms with Gasteiger partial charge >= 0.3 is 0 Å². The molecule has 0 aliphatic carbocycles. The van der Waals surface area contributed by atoms with Crippen LogP contribution >= 0.6 is 23.4 Å². The van der Waals surface area contributed by atoms with E-state index in [-0.39, 0.29) is 5.91 Å². The van der Waals surface area contributed by atoms with Gasteiger partial charge in [-0.1, -0.05) is 29.8 Å². The first-order valence-corrected chi connectivity index (χ1v) is 11.7. The highest BCUT2D eigenvalue weighted by Crippen LogP contribution is 2.24. The van der Waals surface area contributed by atoms with Crippen LogP contribution in [0.25, 0.3) is 0 Å². The van der Waals surface area contributed by atoms with Crippen molar-refractivity contribution in [2.24, 2.45) is 0 Å². The third kappa shape index (κ3) is 6.16. The van der Waals surface area contributed by atoms with E-state index in [0.29, 0.717) is 23.4 Å². The summed E-state index contributed by atoms with van der Waals surface area (Å²) in [6, 6.07) is 12.8. The molecule has 0 atom stereocenters. The SMILES string of the molecule is Cc1c(C(=O)NCCSCc2cccc(Cl)c2)cccc1N(C)S(C)(=O)=O. The highest BCUT2D eigenvalue weighted by atomic mass is 35.5. The number of nitrogens with one attached hydrogen (secondary N) is 1. The predicted molar refractivity (Wildman–Crippen MR) is 114 cm³/mol. The fourth-order valence-corrected chi connectivity index (χ4v) is 4.11. The van der Waals surface area contributed by atoms with E-state index >= 15 is 0 Å². The summed E-state index contributed by atoms with van der Waals surface area (Å²) in [4.78, 5) is 12.5. The molecule has 0 spiro atoms. The summed E-state index contributed by atoms with van der Waals surface area (Å²) >= 11 is 7.67. The minimum Gasteiger partial charge on any atom is -0.351 e. The summed E-state index contributed by atoms with van der Waals surface area (Å²) < 4.78 is 24.7. The normalized spacial score (nSPS) is 11.3. The largest absolute Gasteiger partial charge is 0.351 e. The molecule has 0 saturated heterocycles. The Kier molecular flexibility index (Phi) is 7.59. The molecule has 2 aromatic rings. The fraction of sp³-hybridized carbons (Fsp3) is 0.316. The number of carbonyl (C=O) groups excluding carboxylic acids is 1. The van der Waals surface area contributed by atoms with E-state index in [4.69, 9.17) is 11.6 Å². The lowest BCUT2D eigenvalue weighted by Gasteiger charge is -2.20. The number of carbonyl (C=O) groups is 1. The minimum absolute atomic E-state index is 0.209. The summed E-state index contributed by atoms with van der Waals surface area (Å²) in [6.07, 6.45) is 1.14. The van der Waals surface area contributed by atoms with Crippen molar-refractivity contribution in [1.29, 1.82) is 0 Å². The highest BCUT2D eigenvalue weighted by Gasteiger charge is 2.18. The predicted octanol–water partition coefficient (Wildman–Crippen LogP) is 3.71. The average Bonchev–Trinajstić information content (AvgIpc) is 2.60. The van der Waals surface area contributed by atoms with Gasteiger partial charge in [-0.15, -0.1) is 0 Å². The van der Waals surface area contributed by atoms with Crippen LogP contribution in [-0.4, -0.2) is 39.9 Å². The average molecular weight is 427 g/mol. The molecule has 2 rings (SSSR count). The first kappa shape index (κ1) is 21.6. The van der Waals surface area contributed by atoms with Gasteiger partial charge in [0.25, 0.3) is 5.91 Å². The standard InChI is InChI=1S/C19H23ClN2O3S2/c1-14-17(8-5-9-18(14)22(2)27(3,24)25)19(23)21-10-11-26-13-15-6-4-7-16(20)12-15/h4-9,12H,10-11,13H2,1-3H3,(H,21,23). The first-order chi connectivity index (χ1) is 12.7. The Morgan fingerprint density at radius 1 is 1.22 bits per heavy atom. The van der Waals surface area contributed by atoms with Gasteiger partial charge in [-0.25, -0.2) is 8.42 Å². The van der Waals surface area contributed by atoms with Crippen LogP contribution in [0.1, 0.15) is 21.5 Å². The van der Waals surface area contributed by atoms with Crippen LogP contribution in [0.3, 0.4) is 0 Å².